The zero-order chi connectivity index (χ0) is 18.2. The van der Waals surface area contributed by atoms with Gasteiger partial charge in [0.25, 0.3) is 5.91 Å². The summed E-state index contributed by atoms with van der Waals surface area (Å²) in [6.07, 6.45) is 3.44. The molecule has 0 aromatic carbocycles. The van der Waals surface area contributed by atoms with Gasteiger partial charge in [0.2, 0.25) is 5.91 Å². The lowest BCUT2D eigenvalue weighted by atomic mass is 9.96. The van der Waals surface area contributed by atoms with Gasteiger partial charge in [-0.2, -0.15) is 0 Å². The van der Waals surface area contributed by atoms with Crippen LogP contribution >= 0.6 is 0 Å². The summed E-state index contributed by atoms with van der Waals surface area (Å²) < 4.78 is 5.40. The molecule has 1 aromatic heterocycles. The van der Waals surface area contributed by atoms with E-state index in [4.69, 9.17) is 4.42 Å². The Kier molecular flexibility index (Phi) is 4.55. The molecule has 2 atom stereocenters. The highest BCUT2D eigenvalue weighted by molar-refractivity contribution is 6.09. The van der Waals surface area contributed by atoms with Crippen LogP contribution in [0.2, 0.25) is 0 Å². The first-order valence-electron chi connectivity index (χ1n) is 8.43. The van der Waals surface area contributed by atoms with Gasteiger partial charge in [0.05, 0.1) is 12.3 Å². The van der Waals surface area contributed by atoms with E-state index in [2.05, 4.69) is 10.6 Å². The number of urea groups is 1. The fourth-order valence-corrected chi connectivity index (χ4v) is 3.23. The van der Waals surface area contributed by atoms with Crippen molar-refractivity contribution in [2.75, 3.05) is 27.2 Å². The minimum Gasteiger partial charge on any atom is -0.468 e. The molecule has 1 saturated heterocycles. The Bertz CT molecular complexity index is 668. The van der Waals surface area contributed by atoms with Crippen molar-refractivity contribution in [2.24, 2.45) is 5.92 Å². The number of likely N-dealkylation sites (N-methyl/N-ethyl adjacent to an activating group) is 1. The second-order valence-electron chi connectivity index (χ2n) is 7.10. The Morgan fingerprint density at radius 1 is 1.48 bits per heavy atom. The van der Waals surface area contributed by atoms with Crippen LogP contribution in [0.3, 0.4) is 0 Å². The Hall–Kier alpha value is -2.35. The lowest BCUT2D eigenvalue weighted by Gasteiger charge is -2.23. The van der Waals surface area contributed by atoms with E-state index in [1.165, 1.54) is 0 Å². The zero-order valence-corrected chi connectivity index (χ0v) is 14.7. The van der Waals surface area contributed by atoms with Gasteiger partial charge in [0.1, 0.15) is 17.8 Å². The quantitative estimate of drug-likeness (QED) is 0.708. The first-order valence-corrected chi connectivity index (χ1v) is 8.43. The summed E-state index contributed by atoms with van der Waals surface area (Å²) in [5.74, 6) is 0.225. The molecule has 1 aliphatic heterocycles. The third-order valence-electron chi connectivity index (χ3n) is 4.98. The smallest absolute Gasteiger partial charge is 0.325 e. The molecule has 8 heteroatoms. The molecule has 2 heterocycles. The number of furan rings is 1. The molecule has 2 aliphatic rings. The van der Waals surface area contributed by atoms with Crippen LogP contribution in [0.5, 0.6) is 0 Å². The third-order valence-corrected chi connectivity index (χ3v) is 4.98. The molecule has 8 nitrogen and oxygen atoms in total. The van der Waals surface area contributed by atoms with Crippen molar-refractivity contribution in [1.82, 2.24) is 20.4 Å². The molecular weight excluding hydrogens is 324 g/mol. The molecule has 1 saturated carbocycles. The first kappa shape index (κ1) is 17.5. The highest BCUT2D eigenvalue weighted by atomic mass is 16.3. The second kappa shape index (κ2) is 6.51. The number of hydrogen-bond donors (Lipinski definition) is 2. The summed E-state index contributed by atoms with van der Waals surface area (Å²) in [6, 6.07) is 3.01. The van der Waals surface area contributed by atoms with Crippen molar-refractivity contribution in [3.05, 3.63) is 24.2 Å². The standard InChI is InChI=1S/C17H24N4O4/c1-17(11-6-7-11)15(23)21(16(24)19-17)10-14(22)18-9-12(20(2)3)13-5-4-8-25-13/h4-5,8,11-12H,6-7,9-10H2,1-3H3,(H,18,22)(H,19,24). The van der Waals surface area contributed by atoms with E-state index >= 15 is 0 Å². The molecule has 0 radical (unpaired) electrons. The third kappa shape index (κ3) is 3.39. The summed E-state index contributed by atoms with van der Waals surface area (Å²) >= 11 is 0. The van der Waals surface area contributed by atoms with Gasteiger partial charge in [-0.1, -0.05) is 0 Å². The van der Waals surface area contributed by atoms with E-state index < -0.39 is 11.6 Å². The van der Waals surface area contributed by atoms with Gasteiger partial charge in [0, 0.05) is 6.54 Å². The maximum Gasteiger partial charge on any atom is 0.325 e. The molecule has 25 heavy (non-hydrogen) atoms. The molecule has 1 aromatic rings. The summed E-state index contributed by atoms with van der Waals surface area (Å²) in [6.45, 7) is 1.79. The van der Waals surface area contributed by atoms with Crippen molar-refractivity contribution in [3.63, 3.8) is 0 Å². The van der Waals surface area contributed by atoms with Crippen LogP contribution in [-0.4, -0.2) is 60.4 Å². The maximum absolute atomic E-state index is 12.5. The number of nitrogens with zero attached hydrogens (tertiary/aromatic N) is 2. The number of amides is 4. The highest BCUT2D eigenvalue weighted by Crippen LogP contribution is 2.42. The number of imide groups is 1. The average molecular weight is 348 g/mol. The number of carbonyl (C=O) groups excluding carboxylic acids is 3. The summed E-state index contributed by atoms with van der Waals surface area (Å²) in [5, 5.41) is 5.52. The minimum absolute atomic E-state index is 0.126. The molecule has 0 spiro atoms. The molecule has 2 fully saturated rings. The monoisotopic (exact) mass is 348 g/mol. The zero-order valence-electron chi connectivity index (χ0n) is 14.7. The SMILES string of the molecule is CN(C)C(CNC(=O)CN1C(=O)NC(C)(C2CC2)C1=O)c1ccco1. The van der Waals surface area contributed by atoms with Gasteiger partial charge in [-0.05, 0) is 51.9 Å². The summed E-state index contributed by atoms with van der Waals surface area (Å²) in [7, 11) is 3.77. The van der Waals surface area contributed by atoms with E-state index in [1.54, 1.807) is 19.3 Å². The van der Waals surface area contributed by atoms with Crippen LogP contribution in [0.25, 0.3) is 0 Å². The minimum atomic E-state index is -0.863. The second-order valence-corrected chi connectivity index (χ2v) is 7.10. The Morgan fingerprint density at radius 2 is 2.20 bits per heavy atom. The van der Waals surface area contributed by atoms with Crippen LogP contribution in [0.15, 0.2) is 22.8 Å². The summed E-state index contributed by atoms with van der Waals surface area (Å²) in [5.41, 5.74) is -0.863. The van der Waals surface area contributed by atoms with Crippen molar-refractivity contribution >= 4 is 17.8 Å². The van der Waals surface area contributed by atoms with Crippen molar-refractivity contribution < 1.29 is 18.8 Å². The van der Waals surface area contributed by atoms with Crippen molar-refractivity contribution in [3.8, 4) is 0 Å². The molecule has 4 amide bonds. The topological polar surface area (TPSA) is 94.9 Å². The Labute approximate surface area is 146 Å². The summed E-state index contributed by atoms with van der Waals surface area (Å²) in [4.78, 5) is 39.8. The number of rotatable bonds is 7. The Balaban J connectivity index is 1.57. The van der Waals surface area contributed by atoms with Gasteiger partial charge in [-0.3, -0.25) is 19.4 Å². The lowest BCUT2D eigenvalue weighted by molar-refractivity contribution is -0.135. The molecule has 136 valence electrons. The fourth-order valence-electron chi connectivity index (χ4n) is 3.23. The van der Waals surface area contributed by atoms with Crippen LogP contribution in [0, 0.1) is 5.92 Å². The van der Waals surface area contributed by atoms with Crippen molar-refractivity contribution in [1.29, 1.82) is 0 Å². The van der Waals surface area contributed by atoms with Gasteiger partial charge < -0.3 is 15.1 Å². The predicted molar refractivity (Wildman–Crippen MR) is 89.5 cm³/mol. The normalized spacial score (nSPS) is 24.6. The van der Waals surface area contributed by atoms with Crippen LogP contribution in [0.1, 0.15) is 31.6 Å². The van der Waals surface area contributed by atoms with E-state index in [0.717, 1.165) is 23.5 Å². The van der Waals surface area contributed by atoms with Crippen LogP contribution in [-0.2, 0) is 9.59 Å². The molecule has 1 aliphatic carbocycles. The van der Waals surface area contributed by atoms with Gasteiger partial charge in [-0.15, -0.1) is 0 Å². The largest absolute Gasteiger partial charge is 0.468 e. The number of carbonyl (C=O) groups is 3. The molecule has 3 rings (SSSR count). The molecule has 0 bridgehead atoms. The predicted octanol–water partition coefficient (Wildman–Crippen LogP) is 0.719. The van der Waals surface area contributed by atoms with E-state index in [0.29, 0.717) is 6.54 Å². The maximum atomic E-state index is 12.5. The van der Waals surface area contributed by atoms with Gasteiger partial charge in [0.15, 0.2) is 0 Å². The molecule has 2 unspecified atom stereocenters. The van der Waals surface area contributed by atoms with Crippen LogP contribution in [0.4, 0.5) is 4.79 Å². The van der Waals surface area contributed by atoms with E-state index in [9.17, 15) is 14.4 Å². The number of hydrogen-bond acceptors (Lipinski definition) is 5. The molecule has 2 N–H and O–H groups in total. The molecular formula is C17H24N4O4. The lowest BCUT2D eigenvalue weighted by Crippen LogP contribution is -2.47. The van der Waals surface area contributed by atoms with Crippen LogP contribution < -0.4 is 10.6 Å². The highest BCUT2D eigenvalue weighted by Gasteiger charge is 2.56. The Morgan fingerprint density at radius 3 is 2.76 bits per heavy atom. The van der Waals surface area contributed by atoms with Crippen molar-refractivity contribution in [2.45, 2.75) is 31.3 Å². The number of nitrogens with one attached hydrogen (secondary N) is 2. The average Bonchev–Trinajstić information content (AvgIpc) is 3.24. The van der Waals surface area contributed by atoms with E-state index in [1.807, 2.05) is 25.1 Å². The first-order chi connectivity index (χ1) is 11.8. The van der Waals surface area contributed by atoms with Gasteiger partial charge in [-0.25, -0.2) is 4.79 Å². The van der Waals surface area contributed by atoms with Gasteiger partial charge >= 0.3 is 6.03 Å². The van der Waals surface area contributed by atoms with E-state index in [-0.39, 0.29) is 30.3 Å². The fraction of sp³-hybridized carbons (Fsp3) is 0.588.